The van der Waals surface area contributed by atoms with Gasteiger partial charge in [0.25, 0.3) is 5.91 Å². The Bertz CT molecular complexity index is 776. The number of nitrogens with one attached hydrogen (secondary N) is 1. The first-order valence-electron chi connectivity index (χ1n) is 8.16. The Morgan fingerprint density at radius 2 is 1.96 bits per heavy atom. The second kappa shape index (κ2) is 7.68. The molecule has 2 aromatic carbocycles. The number of imide groups is 1. The number of hydrogen-bond acceptors (Lipinski definition) is 4. The third-order valence-electron chi connectivity index (χ3n) is 3.99. The Morgan fingerprint density at radius 3 is 2.64 bits per heavy atom. The van der Waals surface area contributed by atoms with E-state index in [9.17, 15) is 9.59 Å². The molecule has 25 heavy (non-hydrogen) atoms. The normalized spacial score (nSPS) is 17.2. The predicted molar refractivity (Wildman–Crippen MR) is 96.8 cm³/mol. The van der Waals surface area contributed by atoms with E-state index in [-0.39, 0.29) is 18.2 Å². The summed E-state index contributed by atoms with van der Waals surface area (Å²) in [6.45, 7) is 2.94. The van der Waals surface area contributed by atoms with E-state index >= 15 is 0 Å². The van der Waals surface area contributed by atoms with Crippen LogP contribution in [0.4, 0.5) is 5.69 Å². The number of carbonyl (C=O) groups excluding carboxylic acids is 2. The van der Waals surface area contributed by atoms with E-state index in [1.807, 2.05) is 25.1 Å². The van der Waals surface area contributed by atoms with Crippen molar-refractivity contribution in [2.45, 2.75) is 25.9 Å². The van der Waals surface area contributed by atoms with Crippen LogP contribution in [-0.4, -0.2) is 24.5 Å². The summed E-state index contributed by atoms with van der Waals surface area (Å²) in [5.41, 5.74) is 1.53. The minimum atomic E-state index is -0.530. The van der Waals surface area contributed by atoms with Gasteiger partial charge in [-0.1, -0.05) is 23.7 Å². The van der Waals surface area contributed by atoms with E-state index in [4.69, 9.17) is 16.3 Å². The number of carbonyl (C=O) groups is 2. The number of ether oxygens (including phenoxy) is 1. The largest absolute Gasteiger partial charge is 0.494 e. The molecule has 0 bridgehead atoms. The maximum Gasteiger partial charge on any atom is 0.251 e. The number of hydrogen-bond donors (Lipinski definition) is 1. The van der Waals surface area contributed by atoms with Gasteiger partial charge >= 0.3 is 0 Å². The third-order valence-corrected chi connectivity index (χ3v) is 4.23. The van der Waals surface area contributed by atoms with Crippen molar-refractivity contribution < 1.29 is 14.3 Å². The van der Waals surface area contributed by atoms with Crippen molar-refractivity contribution in [2.75, 3.05) is 11.5 Å². The van der Waals surface area contributed by atoms with E-state index in [1.54, 1.807) is 30.3 Å². The summed E-state index contributed by atoms with van der Waals surface area (Å²) in [7, 11) is 0. The third kappa shape index (κ3) is 4.00. The lowest BCUT2D eigenvalue weighted by Crippen LogP contribution is -2.38. The van der Waals surface area contributed by atoms with Gasteiger partial charge in [-0.2, -0.15) is 0 Å². The van der Waals surface area contributed by atoms with E-state index in [2.05, 4.69) is 5.32 Å². The van der Waals surface area contributed by atoms with Gasteiger partial charge in [-0.15, -0.1) is 0 Å². The van der Waals surface area contributed by atoms with Crippen LogP contribution in [0.5, 0.6) is 5.75 Å². The lowest BCUT2D eigenvalue weighted by molar-refractivity contribution is -0.121. The van der Waals surface area contributed by atoms with Crippen molar-refractivity contribution in [3.05, 3.63) is 59.1 Å². The summed E-state index contributed by atoms with van der Waals surface area (Å²) < 4.78 is 5.38. The molecule has 3 rings (SSSR count). The van der Waals surface area contributed by atoms with Crippen molar-refractivity contribution >= 4 is 29.1 Å². The number of benzene rings is 2. The van der Waals surface area contributed by atoms with Crippen molar-refractivity contribution in [1.29, 1.82) is 0 Å². The predicted octanol–water partition coefficient (Wildman–Crippen LogP) is 3.16. The molecular weight excluding hydrogens is 340 g/mol. The Kier molecular flexibility index (Phi) is 5.36. The fourth-order valence-corrected chi connectivity index (χ4v) is 3.02. The smallest absolute Gasteiger partial charge is 0.251 e. The number of rotatable bonds is 6. The molecule has 1 aliphatic heterocycles. The SMILES string of the molecule is CCOc1ccc(N2C(=O)C[C@@H](NCc3cccc(Cl)c3)C2=O)cc1. The molecule has 0 aliphatic carbocycles. The average Bonchev–Trinajstić information content (AvgIpc) is 2.88. The van der Waals surface area contributed by atoms with Crippen LogP contribution in [-0.2, 0) is 16.1 Å². The van der Waals surface area contributed by atoms with Crippen molar-refractivity contribution in [1.82, 2.24) is 5.32 Å². The minimum absolute atomic E-state index is 0.145. The van der Waals surface area contributed by atoms with E-state index < -0.39 is 6.04 Å². The lowest BCUT2D eigenvalue weighted by atomic mass is 10.2. The molecule has 0 saturated carbocycles. The van der Waals surface area contributed by atoms with Crippen molar-refractivity contribution in [3.8, 4) is 5.75 Å². The van der Waals surface area contributed by atoms with Crippen LogP contribution < -0.4 is 15.0 Å². The van der Waals surface area contributed by atoms with Crippen LogP contribution in [0.3, 0.4) is 0 Å². The van der Waals surface area contributed by atoms with E-state index in [0.29, 0.717) is 29.6 Å². The van der Waals surface area contributed by atoms with E-state index in [1.165, 1.54) is 4.90 Å². The van der Waals surface area contributed by atoms with Crippen LogP contribution in [0.1, 0.15) is 18.9 Å². The zero-order chi connectivity index (χ0) is 17.8. The number of halogens is 1. The number of nitrogens with zero attached hydrogens (tertiary/aromatic N) is 1. The van der Waals surface area contributed by atoms with E-state index in [0.717, 1.165) is 5.56 Å². The highest BCUT2D eigenvalue weighted by Crippen LogP contribution is 2.25. The molecule has 0 spiro atoms. The molecule has 130 valence electrons. The molecule has 1 aliphatic rings. The summed E-state index contributed by atoms with van der Waals surface area (Å²) in [6, 6.07) is 13.8. The van der Waals surface area contributed by atoms with Crippen LogP contribution >= 0.6 is 11.6 Å². The fourth-order valence-electron chi connectivity index (χ4n) is 2.81. The van der Waals surface area contributed by atoms with Gasteiger partial charge in [0.1, 0.15) is 5.75 Å². The van der Waals surface area contributed by atoms with Crippen molar-refractivity contribution in [2.24, 2.45) is 0 Å². The second-order valence-electron chi connectivity index (χ2n) is 5.76. The molecule has 2 aromatic rings. The van der Waals surface area contributed by atoms with Crippen LogP contribution in [0.25, 0.3) is 0 Å². The Morgan fingerprint density at radius 1 is 1.20 bits per heavy atom. The second-order valence-corrected chi connectivity index (χ2v) is 6.20. The minimum Gasteiger partial charge on any atom is -0.494 e. The molecule has 0 aromatic heterocycles. The molecule has 1 fully saturated rings. The standard InChI is InChI=1S/C19H19ClN2O3/c1-2-25-16-8-6-15(7-9-16)22-18(23)11-17(19(22)24)21-12-13-4-3-5-14(20)10-13/h3-10,17,21H,2,11-12H2,1H3/t17-/m1/s1. The Hall–Kier alpha value is -2.37. The maximum atomic E-state index is 12.6. The summed E-state index contributed by atoms with van der Waals surface area (Å²) in [5.74, 6) is 0.259. The maximum absolute atomic E-state index is 12.6. The van der Waals surface area contributed by atoms with Crippen molar-refractivity contribution in [3.63, 3.8) is 0 Å². The van der Waals surface area contributed by atoms with Gasteiger partial charge in [0.15, 0.2) is 0 Å². The Balaban J connectivity index is 1.67. The van der Waals surface area contributed by atoms with Gasteiger partial charge < -0.3 is 10.1 Å². The molecule has 1 heterocycles. The summed E-state index contributed by atoms with van der Waals surface area (Å²) in [4.78, 5) is 26.1. The zero-order valence-corrected chi connectivity index (χ0v) is 14.6. The first kappa shape index (κ1) is 17.5. The fraction of sp³-hybridized carbons (Fsp3) is 0.263. The summed E-state index contributed by atoms with van der Waals surface area (Å²) in [5, 5.41) is 3.78. The summed E-state index contributed by atoms with van der Waals surface area (Å²) in [6.07, 6.45) is 0.145. The van der Waals surface area contributed by atoms with Crippen LogP contribution in [0, 0.1) is 0 Å². The average molecular weight is 359 g/mol. The number of amides is 2. The highest BCUT2D eigenvalue weighted by molar-refractivity contribution is 6.30. The molecule has 6 heteroatoms. The zero-order valence-electron chi connectivity index (χ0n) is 13.9. The van der Waals surface area contributed by atoms with Gasteiger partial charge in [0, 0.05) is 11.6 Å². The highest BCUT2D eigenvalue weighted by Gasteiger charge is 2.39. The molecule has 1 saturated heterocycles. The first-order chi connectivity index (χ1) is 12.1. The number of anilines is 1. The molecule has 1 atom stereocenters. The molecule has 1 N–H and O–H groups in total. The van der Waals surface area contributed by atoms with Gasteiger partial charge in [0.2, 0.25) is 5.91 Å². The quantitative estimate of drug-likeness (QED) is 0.806. The Labute approximate surface area is 151 Å². The molecular formula is C19H19ClN2O3. The van der Waals surface area contributed by atoms with Gasteiger partial charge in [-0.25, -0.2) is 4.90 Å². The lowest BCUT2D eigenvalue weighted by Gasteiger charge is -2.16. The summed E-state index contributed by atoms with van der Waals surface area (Å²) >= 11 is 5.96. The first-order valence-corrected chi connectivity index (χ1v) is 8.53. The van der Waals surface area contributed by atoms with Crippen LogP contribution in [0.2, 0.25) is 5.02 Å². The molecule has 5 nitrogen and oxygen atoms in total. The molecule has 0 radical (unpaired) electrons. The molecule has 0 unspecified atom stereocenters. The molecule has 2 amide bonds. The highest BCUT2D eigenvalue weighted by atomic mass is 35.5. The topological polar surface area (TPSA) is 58.6 Å². The monoisotopic (exact) mass is 358 g/mol. The van der Waals surface area contributed by atoms with Crippen LogP contribution in [0.15, 0.2) is 48.5 Å². The van der Waals surface area contributed by atoms with Gasteiger partial charge in [-0.05, 0) is 48.9 Å². The van der Waals surface area contributed by atoms with Gasteiger partial charge in [0.05, 0.1) is 24.8 Å². The van der Waals surface area contributed by atoms with Gasteiger partial charge in [-0.3, -0.25) is 9.59 Å².